The van der Waals surface area contributed by atoms with Crippen LogP contribution in [-0.4, -0.2) is 39.5 Å². The van der Waals surface area contributed by atoms with Gasteiger partial charge in [0.15, 0.2) is 0 Å². The molecular weight excluding hydrogens is 250 g/mol. The van der Waals surface area contributed by atoms with Crippen LogP contribution in [0.3, 0.4) is 0 Å². The molecular formula is C17H27NO2. The maximum absolute atomic E-state index is 5.51. The Bertz CT molecular complexity index is 338. The lowest BCUT2D eigenvalue weighted by molar-refractivity contribution is 0.127. The van der Waals surface area contributed by atoms with Crippen LogP contribution in [0.5, 0.6) is 0 Å². The third kappa shape index (κ3) is 9.73. The van der Waals surface area contributed by atoms with Gasteiger partial charge in [0.25, 0.3) is 0 Å². The zero-order chi connectivity index (χ0) is 14.3. The van der Waals surface area contributed by atoms with Crippen molar-refractivity contribution in [3.05, 3.63) is 42.0 Å². The number of nitrogens with one attached hydrogen (secondary N) is 1. The number of unbranched alkanes of at least 4 members (excludes halogenated alkanes) is 1. The van der Waals surface area contributed by atoms with Crippen molar-refractivity contribution in [2.75, 3.05) is 39.5 Å². The van der Waals surface area contributed by atoms with Crippen LogP contribution in [0.15, 0.2) is 36.4 Å². The summed E-state index contributed by atoms with van der Waals surface area (Å²) in [5.41, 5.74) is 1.21. The van der Waals surface area contributed by atoms with Crippen molar-refractivity contribution in [1.29, 1.82) is 0 Å². The molecule has 20 heavy (non-hydrogen) atoms. The number of rotatable bonds is 12. The van der Waals surface area contributed by atoms with Gasteiger partial charge in [-0.3, -0.25) is 0 Å². The summed E-state index contributed by atoms with van der Waals surface area (Å²) in [7, 11) is 0. The van der Waals surface area contributed by atoms with Crippen LogP contribution in [0.2, 0.25) is 0 Å². The van der Waals surface area contributed by atoms with Crippen LogP contribution in [0, 0.1) is 0 Å². The maximum Gasteiger partial charge on any atom is 0.0651 e. The first-order valence-corrected chi connectivity index (χ1v) is 7.51. The molecule has 0 unspecified atom stereocenters. The molecule has 1 N–H and O–H groups in total. The summed E-state index contributed by atoms with van der Waals surface area (Å²) < 4.78 is 11.0. The summed E-state index contributed by atoms with van der Waals surface area (Å²) >= 11 is 0. The first-order chi connectivity index (χ1) is 9.93. The largest absolute Gasteiger partial charge is 0.380 e. The normalized spacial score (nSPS) is 11.2. The van der Waals surface area contributed by atoms with E-state index in [1.165, 1.54) is 12.0 Å². The van der Waals surface area contributed by atoms with E-state index in [0.717, 1.165) is 39.3 Å². The average molecular weight is 277 g/mol. The van der Waals surface area contributed by atoms with Crippen molar-refractivity contribution in [3.8, 4) is 0 Å². The van der Waals surface area contributed by atoms with Gasteiger partial charge in [0, 0.05) is 19.7 Å². The molecule has 0 atom stereocenters. The van der Waals surface area contributed by atoms with E-state index in [-0.39, 0.29) is 0 Å². The Morgan fingerprint density at radius 1 is 1.00 bits per heavy atom. The third-order valence-electron chi connectivity index (χ3n) is 2.81. The third-order valence-corrected chi connectivity index (χ3v) is 2.81. The lowest BCUT2D eigenvalue weighted by Crippen LogP contribution is -2.24. The Balaban J connectivity index is 1.84. The molecule has 1 rings (SSSR count). The van der Waals surface area contributed by atoms with Crippen molar-refractivity contribution in [2.24, 2.45) is 0 Å². The van der Waals surface area contributed by atoms with E-state index >= 15 is 0 Å². The molecule has 3 heteroatoms. The average Bonchev–Trinajstić information content (AvgIpc) is 2.49. The molecule has 0 aliphatic rings. The summed E-state index contributed by atoms with van der Waals surface area (Å²) in [6, 6.07) is 10.2. The Morgan fingerprint density at radius 3 is 2.50 bits per heavy atom. The van der Waals surface area contributed by atoms with Crippen molar-refractivity contribution < 1.29 is 9.47 Å². The molecule has 0 heterocycles. The highest BCUT2D eigenvalue weighted by molar-refractivity contribution is 5.48. The van der Waals surface area contributed by atoms with Crippen LogP contribution in [0.25, 0.3) is 6.08 Å². The van der Waals surface area contributed by atoms with E-state index in [2.05, 4.69) is 30.4 Å². The molecule has 112 valence electrons. The molecule has 0 amide bonds. The minimum absolute atomic E-state index is 0.656. The minimum Gasteiger partial charge on any atom is -0.380 e. The van der Waals surface area contributed by atoms with Gasteiger partial charge in [-0.25, -0.2) is 0 Å². The van der Waals surface area contributed by atoms with Gasteiger partial charge >= 0.3 is 0 Å². The molecule has 1 aromatic rings. The predicted molar refractivity (Wildman–Crippen MR) is 84.9 cm³/mol. The summed E-state index contributed by atoms with van der Waals surface area (Å²) in [4.78, 5) is 0. The highest BCUT2D eigenvalue weighted by atomic mass is 16.5. The van der Waals surface area contributed by atoms with Crippen LogP contribution >= 0.6 is 0 Å². The van der Waals surface area contributed by atoms with Gasteiger partial charge in [-0.2, -0.15) is 0 Å². The van der Waals surface area contributed by atoms with Crippen LogP contribution in [0.1, 0.15) is 25.3 Å². The van der Waals surface area contributed by atoms with Crippen LogP contribution in [-0.2, 0) is 9.47 Å². The maximum atomic E-state index is 5.51. The van der Waals surface area contributed by atoms with Crippen LogP contribution < -0.4 is 5.32 Å². The Hall–Kier alpha value is -1.16. The fraction of sp³-hybridized carbons (Fsp3) is 0.529. The summed E-state index contributed by atoms with van der Waals surface area (Å²) in [5.74, 6) is 0. The predicted octanol–water partition coefficient (Wildman–Crippen LogP) is 3.12. The van der Waals surface area contributed by atoms with Crippen LogP contribution in [0.4, 0.5) is 0 Å². The number of hydrogen-bond acceptors (Lipinski definition) is 3. The molecule has 3 nitrogen and oxygen atoms in total. The summed E-state index contributed by atoms with van der Waals surface area (Å²) in [5, 5.41) is 3.30. The Labute approximate surface area is 123 Å². The molecule has 0 saturated heterocycles. The number of benzene rings is 1. The molecule has 0 fully saturated rings. The lowest BCUT2D eigenvalue weighted by atomic mass is 10.2. The van der Waals surface area contributed by atoms with Gasteiger partial charge in [-0.15, -0.1) is 0 Å². The first-order valence-electron chi connectivity index (χ1n) is 7.51. The number of hydrogen-bond donors (Lipinski definition) is 1. The van der Waals surface area contributed by atoms with E-state index < -0.39 is 0 Å². The zero-order valence-electron chi connectivity index (χ0n) is 12.5. The second-order valence-corrected chi connectivity index (χ2v) is 4.60. The SMILES string of the molecule is CCCCOCCNCCOCC=Cc1ccccc1. The molecule has 0 aliphatic heterocycles. The van der Waals surface area contributed by atoms with E-state index in [4.69, 9.17) is 9.47 Å². The molecule has 0 saturated carbocycles. The van der Waals surface area contributed by atoms with E-state index in [9.17, 15) is 0 Å². The zero-order valence-corrected chi connectivity index (χ0v) is 12.5. The van der Waals surface area contributed by atoms with Gasteiger partial charge in [0.05, 0.1) is 19.8 Å². The molecule has 0 radical (unpaired) electrons. The highest BCUT2D eigenvalue weighted by Gasteiger charge is 1.89. The van der Waals surface area contributed by atoms with Crippen molar-refractivity contribution in [2.45, 2.75) is 19.8 Å². The summed E-state index contributed by atoms with van der Waals surface area (Å²) in [6.07, 6.45) is 6.47. The first kappa shape index (κ1) is 16.9. The topological polar surface area (TPSA) is 30.5 Å². The Morgan fingerprint density at radius 2 is 1.75 bits per heavy atom. The fourth-order valence-electron chi connectivity index (χ4n) is 1.66. The second-order valence-electron chi connectivity index (χ2n) is 4.60. The minimum atomic E-state index is 0.656. The lowest BCUT2D eigenvalue weighted by Gasteiger charge is -2.05. The molecule has 0 spiro atoms. The van der Waals surface area contributed by atoms with Gasteiger partial charge < -0.3 is 14.8 Å². The standard InChI is InChI=1S/C17H27NO2/c1-2-3-13-19-15-11-18-12-16-20-14-7-10-17-8-5-4-6-9-17/h4-10,18H,2-3,11-16H2,1H3. The second kappa shape index (κ2) is 12.9. The van der Waals surface area contributed by atoms with Gasteiger partial charge in [-0.05, 0) is 12.0 Å². The van der Waals surface area contributed by atoms with Crippen molar-refractivity contribution in [1.82, 2.24) is 5.32 Å². The van der Waals surface area contributed by atoms with Crippen molar-refractivity contribution in [3.63, 3.8) is 0 Å². The fourth-order valence-corrected chi connectivity index (χ4v) is 1.66. The molecule has 0 bridgehead atoms. The van der Waals surface area contributed by atoms with Gasteiger partial charge in [0.1, 0.15) is 0 Å². The van der Waals surface area contributed by atoms with Crippen molar-refractivity contribution >= 4 is 6.08 Å². The number of ether oxygens (including phenoxy) is 2. The quantitative estimate of drug-likeness (QED) is 0.595. The van der Waals surface area contributed by atoms with E-state index in [0.29, 0.717) is 6.61 Å². The highest BCUT2D eigenvalue weighted by Crippen LogP contribution is 2.00. The van der Waals surface area contributed by atoms with E-state index in [1.807, 2.05) is 24.3 Å². The van der Waals surface area contributed by atoms with Gasteiger partial charge in [0.2, 0.25) is 0 Å². The molecule has 0 aromatic heterocycles. The van der Waals surface area contributed by atoms with Gasteiger partial charge in [-0.1, -0.05) is 55.8 Å². The Kier molecular flexibility index (Phi) is 10.9. The summed E-state index contributed by atoms with van der Waals surface area (Å²) in [6.45, 7) is 6.99. The molecule has 0 aliphatic carbocycles. The van der Waals surface area contributed by atoms with E-state index in [1.54, 1.807) is 0 Å². The smallest absolute Gasteiger partial charge is 0.0651 e. The monoisotopic (exact) mass is 277 g/mol. The molecule has 1 aromatic carbocycles.